The first kappa shape index (κ1) is 14.6. The van der Waals surface area contributed by atoms with Crippen LogP contribution >= 0.6 is 0 Å². The summed E-state index contributed by atoms with van der Waals surface area (Å²) in [6.07, 6.45) is 0.980. The smallest absolute Gasteiger partial charge is 0.224 e. The van der Waals surface area contributed by atoms with Gasteiger partial charge in [0.2, 0.25) is 5.91 Å². The van der Waals surface area contributed by atoms with E-state index in [0.717, 1.165) is 17.5 Å². The average molecular weight is 270 g/mol. The molecule has 0 radical (unpaired) electrons. The summed E-state index contributed by atoms with van der Waals surface area (Å²) in [5, 5.41) is 3.09. The monoisotopic (exact) mass is 270 g/mol. The number of hydrogen-bond acceptors (Lipinski definition) is 2. The van der Waals surface area contributed by atoms with Crippen molar-refractivity contribution in [1.82, 2.24) is 5.32 Å². The zero-order valence-electron chi connectivity index (χ0n) is 12.4. The molecule has 0 aromatic heterocycles. The molecule has 2 atom stereocenters. The van der Waals surface area contributed by atoms with Crippen LogP contribution in [0.15, 0.2) is 24.3 Å². The topological polar surface area (TPSA) is 55.1 Å². The van der Waals surface area contributed by atoms with Gasteiger partial charge in [-0.1, -0.05) is 37.8 Å². The molecule has 0 heterocycles. The molecule has 2 rings (SSSR count). The SMILES string of the molecule is CC(NC(=O)C1CC1(C)C)c1cccc(C#CCN)c1. The second-order valence-electron chi connectivity index (χ2n) is 6.11. The van der Waals surface area contributed by atoms with E-state index in [2.05, 4.69) is 31.0 Å². The molecule has 1 aliphatic rings. The number of nitrogens with one attached hydrogen (secondary N) is 1. The zero-order chi connectivity index (χ0) is 14.8. The predicted octanol–water partition coefficient (Wildman–Crippen LogP) is 2.22. The lowest BCUT2D eigenvalue weighted by Crippen LogP contribution is -2.29. The molecule has 0 saturated heterocycles. The molecular weight excluding hydrogens is 248 g/mol. The van der Waals surface area contributed by atoms with Gasteiger partial charge in [0, 0.05) is 11.5 Å². The molecule has 1 saturated carbocycles. The quantitative estimate of drug-likeness (QED) is 0.827. The number of hydrogen-bond donors (Lipinski definition) is 2. The summed E-state index contributed by atoms with van der Waals surface area (Å²) in [4.78, 5) is 12.1. The van der Waals surface area contributed by atoms with Gasteiger partial charge in [0.25, 0.3) is 0 Å². The van der Waals surface area contributed by atoms with Gasteiger partial charge >= 0.3 is 0 Å². The van der Waals surface area contributed by atoms with Gasteiger partial charge in [-0.2, -0.15) is 0 Å². The zero-order valence-corrected chi connectivity index (χ0v) is 12.4. The fraction of sp³-hybridized carbons (Fsp3) is 0.471. The van der Waals surface area contributed by atoms with Gasteiger partial charge in [0.15, 0.2) is 0 Å². The third-order valence-electron chi connectivity index (χ3n) is 3.91. The maximum atomic E-state index is 12.1. The second-order valence-corrected chi connectivity index (χ2v) is 6.11. The van der Waals surface area contributed by atoms with Crippen molar-refractivity contribution in [2.24, 2.45) is 17.1 Å². The number of rotatable bonds is 3. The highest BCUT2D eigenvalue weighted by atomic mass is 16.2. The van der Waals surface area contributed by atoms with E-state index in [1.54, 1.807) is 0 Å². The number of carbonyl (C=O) groups excluding carboxylic acids is 1. The molecule has 0 spiro atoms. The van der Waals surface area contributed by atoms with Crippen LogP contribution in [0, 0.1) is 23.2 Å². The predicted molar refractivity (Wildman–Crippen MR) is 80.8 cm³/mol. The first-order valence-electron chi connectivity index (χ1n) is 7.03. The fourth-order valence-electron chi connectivity index (χ4n) is 2.35. The summed E-state index contributed by atoms with van der Waals surface area (Å²) < 4.78 is 0. The van der Waals surface area contributed by atoms with Crippen molar-refractivity contribution >= 4 is 5.91 Å². The van der Waals surface area contributed by atoms with Gasteiger partial charge in [-0.3, -0.25) is 4.79 Å². The summed E-state index contributed by atoms with van der Waals surface area (Å²) in [6.45, 7) is 6.62. The molecule has 20 heavy (non-hydrogen) atoms. The number of benzene rings is 1. The lowest BCUT2D eigenvalue weighted by molar-refractivity contribution is -0.123. The molecule has 1 aliphatic carbocycles. The highest BCUT2D eigenvalue weighted by Gasteiger charge is 2.50. The van der Waals surface area contributed by atoms with Crippen molar-refractivity contribution in [1.29, 1.82) is 0 Å². The minimum atomic E-state index is -0.00136. The molecule has 3 N–H and O–H groups in total. The first-order valence-corrected chi connectivity index (χ1v) is 7.03. The van der Waals surface area contributed by atoms with E-state index >= 15 is 0 Å². The largest absolute Gasteiger partial charge is 0.349 e. The van der Waals surface area contributed by atoms with Gasteiger partial charge in [0.05, 0.1) is 12.6 Å². The Morgan fingerprint density at radius 1 is 1.55 bits per heavy atom. The fourth-order valence-corrected chi connectivity index (χ4v) is 2.35. The van der Waals surface area contributed by atoms with Crippen LogP contribution in [0.4, 0.5) is 0 Å². The van der Waals surface area contributed by atoms with Crippen LogP contribution in [0.1, 0.15) is 44.4 Å². The normalized spacial score (nSPS) is 20.5. The minimum absolute atomic E-state index is 0.00136. The maximum absolute atomic E-state index is 12.1. The molecule has 1 fully saturated rings. The van der Waals surface area contributed by atoms with Crippen LogP contribution in [0.2, 0.25) is 0 Å². The van der Waals surface area contributed by atoms with Crippen molar-refractivity contribution in [2.75, 3.05) is 6.54 Å². The highest BCUT2D eigenvalue weighted by Crippen LogP contribution is 2.51. The summed E-state index contributed by atoms with van der Waals surface area (Å²) in [6, 6.07) is 7.92. The standard InChI is InChI=1S/C17H22N2O/c1-12(19-16(20)15-11-17(15,2)3)14-8-4-6-13(10-14)7-5-9-18/h4,6,8,10,12,15H,9,11,18H2,1-3H3,(H,19,20). The Morgan fingerprint density at radius 3 is 2.85 bits per heavy atom. The summed E-state index contributed by atoms with van der Waals surface area (Å²) in [5.74, 6) is 6.17. The van der Waals surface area contributed by atoms with E-state index in [-0.39, 0.29) is 23.3 Å². The van der Waals surface area contributed by atoms with Crippen molar-refractivity contribution in [3.63, 3.8) is 0 Å². The third-order valence-corrected chi connectivity index (χ3v) is 3.91. The van der Waals surface area contributed by atoms with E-state index in [4.69, 9.17) is 5.73 Å². The summed E-state index contributed by atoms with van der Waals surface area (Å²) in [7, 11) is 0. The van der Waals surface area contributed by atoms with E-state index in [1.165, 1.54) is 0 Å². The minimum Gasteiger partial charge on any atom is -0.349 e. The molecule has 3 heteroatoms. The third kappa shape index (κ3) is 3.40. The van der Waals surface area contributed by atoms with Crippen molar-refractivity contribution in [3.8, 4) is 11.8 Å². The van der Waals surface area contributed by atoms with Gasteiger partial charge in [-0.25, -0.2) is 0 Å². The Morgan fingerprint density at radius 2 is 2.25 bits per heavy atom. The molecule has 0 bridgehead atoms. The number of nitrogens with two attached hydrogens (primary N) is 1. The molecule has 1 aromatic carbocycles. The molecule has 2 unspecified atom stereocenters. The van der Waals surface area contributed by atoms with Crippen LogP contribution in [0.3, 0.4) is 0 Å². The maximum Gasteiger partial charge on any atom is 0.224 e. The lowest BCUT2D eigenvalue weighted by atomic mass is 10.0. The van der Waals surface area contributed by atoms with Gasteiger partial charge in [-0.05, 0) is 36.5 Å². The van der Waals surface area contributed by atoms with E-state index in [1.807, 2.05) is 31.2 Å². The Kier molecular flexibility index (Phi) is 4.15. The summed E-state index contributed by atoms with van der Waals surface area (Å²) >= 11 is 0. The van der Waals surface area contributed by atoms with E-state index < -0.39 is 0 Å². The number of carbonyl (C=O) groups is 1. The molecule has 3 nitrogen and oxygen atoms in total. The van der Waals surface area contributed by atoms with E-state index in [9.17, 15) is 4.79 Å². The van der Waals surface area contributed by atoms with Crippen LogP contribution < -0.4 is 11.1 Å². The Labute approximate surface area is 120 Å². The van der Waals surface area contributed by atoms with Crippen LogP contribution in [0.25, 0.3) is 0 Å². The molecule has 0 aliphatic heterocycles. The Balaban J connectivity index is 2.02. The Hall–Kier alpha value is -1.79. The lowest BCUT2D eigenvalue weighted by Gasteiger charge is -2.15. The first-order chi connectivity index (χ1) is 9.44. The van der Waals surface area contributed by atoms with Crippen molar-refractivity contribution in [2.45, 2.75) is 33.2 Å². The van der Waals surface area contributed by atoms with Crippen LogP contribution in [0.5, 0.6) is 0 Å². The van der Waals surface area contributed by atoms with Gasteiger partial charge < -0.3 is 11.1 Å². The summed E-state index contributed by atoms with van der Waals surface area (Å²) in [5.41, 5.74) is 7.54. The molecule has 1 amide bonds. The van der Waals surface area contributed by atoms with Crippen molar-refractivity contribution in [3.05, 3.63) is 35.4 Å². The molecular formula is C17H22N2O. The highest BCUT2D eigenvalue weighted by molar-refractivity contribution is 5.82. The van der Waals surface area contributed by atoms with Gasteiger partial charge in [-0.15, -0.1) is 0 Å². The second kappa shape index (κ2) is 5.68. The molecule has 106 valence electrons. The Bertz CT molecular complexity index is 566. The van der Waals surface area contributed by atoms with Crippen molar-refractivity contribution < 1.29 is 4.79 Å². The molecule has 1 aromatic rings. The van der Waals surface area contributed by atoms with E-state index in [0.29, 0.717) is 6.54 Å². The van der Waals surface area contributed by atoms with Crippen LogP contribution in [-0.2, 0) is 4.79 Å². The van der Waals surface area contributed by atoms with Crippen LogP contribution in [-0.4, -0.2) is 12.5 Å². The average Bonchev–Trinajstić information content (AvgIpc) is 3.06. The number of amides is 1. The van der Waals surface area contributed by atoms with Gasteiger partial charge in [0.1, 0.15) is 0 Å².